The number of hydrogen-bond donors (Lipinski definition) is 0. The molecule has 0 radical (unpaired) electrons. The predicted octanol–water partition coefficient (Wildman–Crippen LogP) is 4.87. The summed E-state index contributed by atoms with van der Waals surface area (Å²) in [7, 11) is 1.81. The molecule has 0 bridgehead atoms. The van der Waals surface area contributed by atoms with Crippen molar-refractivity contribution < 1.29 is 4.79 Å². The van der Waals surface area contributed by atoms with Gasteiger partial charge < -0.3 is 4.90 Å². The highest BCUT2D eigenvalue weighted by Crippen LogP contribution is 2.28. The van der Waals surface area contributed by atoms with Crippen molar-refractivity contribution in [3.63, 3.8) is 0 Å². The molecular formula is C17H16N2OS3. The Labute approximate surface area is 148 Å². The molecular weight excluding hydrogens is 344 g/mol. The van der Waals surface area contributed by atoms with E-state index in [1.807, 2.05) is 29.9 Å². The van der Waals surface area contributed by atoms with Crippen LogP contribution in [0.5, 0.6) is 0 Å². The Balaban J connectivity index is 1.69. The average molecular weight is 361 g/mol. The van der Waals surface area contributed by atoms with E-state index in [9.17, 15) is 4.79 Å². The molecule has 0 atom stereocenters. The summed E-state index contributed by atoms with van der Waals surface area (Å²) in [6.45, 7) is 0.583. The summed E-state index contributed by atoms with van der Waals surface area (Å²) < 4.78 is 0. The van der Waals surface area contributed by atoms with E-state index in [-0.39, 0.29) is 5.91 Å². The van der Waals surface area contributed by atoms with Crippen LogP contribution in [0.2, 0.25) is 0 Å². The van der Waals surface area contributed by atoms with Crippen molar-refractivity contribution in [1.82, 2.24) is 9.88 Å². The molecule has 1 amide bonds. The largest absolute Gasteiger partial charge is 0.336 e. The van der Waals surface area contributed by atoms with Crippen LogP contribution in [0.1, 0.15) is 16.1 Å². The maximum atomic E-state index is 12.5. The van der Waals surface area contributed by atoms with Crippen molar-refractivity contribution in [2.24, 2.45) is 0 Å². The number of benzene rings is 1. The lowest BCUT2D eigenvalue weighted by Gasteiger charge is -2.16. The van der Waals surface area contributed by atoms with Crippen molar-refractivity contribution in [2.45, 2.75) is 11.4 Å². The van der Waals surface area contributed by atoms with E-state index >= 15 is 0 Å². The quantitative estimate of drug-likeness (QED) is 0.609. The summed E-state index contributed by atoms with van der Waals surface area (Å²) in [5.41, 5.74) is 1.63. The Morgan fingerprint density at radius 1 is 1.22 bits per heavy atom. The Hall–Kier alpha value is -1.63. The fourth-order valence-electron chi connectivity index (χ4n) is 2.16. The molecule has 3 aromatic rings. The lowest BCUT2D eigenvalue weighted by Crippen LogP contribution is -2.26. The number of carbonyl (C=O) groups is 1. The minimum absolute atomic E-state index is 0.0435. The molecule has 0 saturated carbocycles. The van der Waals surface area contributed by atoms with Gasteiger partial charge in [-0.05, 0) is 35.4 Å². The van der Waals surface area contributed by atoms with Gasteiger partial charge in [-0.2, -0.15) is 0 Å². The fourth-order valence-corrected chi connectivity index (χ4v) is 4.17. The van der Waals surface area contributed by atoms with Crippen LogP contribution in [0.15, 0.2) is 52.1 Å². The Bertz CT molecular complexity index is 779. The fraction of sp³-hybridized carbons (Fsp3) is 0.176. The second-order valence-electron chi connectivity index (χ2n) is 5.02. The first-order valence-electron chi connectivity index (χ1n) is 7.05. The standard InChI is InChI=1S/C17H16N2OS3/c1-19(10-12-5-7-13(21-2)8-6-12)17(20)14-11-23-16(18-14)15-4-3-9-22-15/h3-9,11H,10H2,1-2H3. The molecule has 6 heteroatoms. The van der Waals surface area contributed by atoms with Crippen LogP contribution in [0, 0.1) is 0 Å². The highest BCUT2D eigenvalue weighted by atomic mass is 32.2. The molecule has 0 fully saturated rings. The average Bonchev–Trinajstić information content (AvgIpc) is 3.26. The lowest BCUT2D eigenvalue weighted by molar-refractivity contribution is 0.0780. The zero-order valence-electron chi connectivity index (χ0n) is 12.9. The van der Waals surface area contributed by atoms with Crippen LogP contribution in [-0.2, 0) is 6.54 Å². The van der Waals surface area contributed by atoms with Gasteiger partial charge in [-0.1, -0.05) is 18.2 Å². The molecule has 0 saturated heterocycles. The van der Waals surface area contributed by atoms with Crippen LogP contribution < -0.4 is 0 Å². The van der Waals surface area contributed by atoms with Crippen molar-refractivity contribution >= 4 is 40.3 Å². The molecule has 3 nitrogen and oxygen atoms in total. The van der Waals surface area contributed by atoms with Gasteiger partial charge in [0.2, 0.25) is 0 Å². The Kier molecular flexibility index (Phi) is 5.15. The van der Waals surface area contributed by atoms with E-state index in [2.05, 4.69) is 35.5 Å². The first-order valence-corrected chi connectivity index (χ1v) is 10.0. The summed E-state index contributed by atoms with van der Waals surface area (Å²) in [5, 5.41) is 4.76. The normalized spacial score (nSPS) is 10.7. The summed E-state index contributed by atoms with van der Waals surface area (Å²) in [5.74, 6) is -0.0435. The summed E-state index contributed by atoms with van der Waals surface area (Å²) in [6.07, 6.45) is 2.05. The van der Waals surface area contributed by atoms with Crippen LogP contribution in [0.25, 0.3) is 9.88 Å². The van der Waals surface area contributed by atoms with E-state index in [0.717, 1.165) is 15.4 Å². The number of rotatable bonds is 5. The van der Waals surface area contributed by atoms with Gasteiger partial charge in [-0.15, -0.1) is 34.4 Å². The molecule has 2 aromatic heterocycles. The third kappa shape index (κ3) is 3.83. The van der Waals surface area contributed by atoms with Gasteiger partial charge in [0.15, 0.2) is 0 Å². The van der Waals surface area contributed by atoms with Crippen molar-refractivity contribution in [2.75, 3.05) is 13.3 Å². The molecule has 118 valence electrons. The zero-order valence-corrected chi connectivity index (χ0v) is 15.3. The molecule has 2 heterocycles. The minimum Gasteiger partial charge on any atom is -0.336 e. The number of nitrogens with zero attached hydrogens (tertiary/aromatic N) is 2. The van der Waals surface area contributed by atoms with Gasteiger partial charge in [0.25, 0.3) is 5.91 Å². The maximum Gasteiger partial charge on any atom is 0.273 e. The molecule has 0 spiro atoms. The van der Waals surface area contributed by atoms with Crippen molar-refractivity contribution in [1.29, 1.82) is 0 Å². The molecule has 3 rings (SSSR count). The third-order valence-electron chi connectivity index (χ3n) is 3.38. The van der Waals surface area contributed by atoms with E-state index in [1.165, 1.54) is 16.2 Å². The zero-order chi connectivity index (χ0) is 16.2. The molecule has 1 aromatic carbocycles. The number of aromatic nitrogens is 1. The van der Waals surface area contributed by atoms with Gasteiger partial charge in [-0.25, -0.2) is 4.98 Å². The molecule has 0 N–H and O–H groups in total. The molecule has 0 aliphatic heterocycles. The Morgan fingerprint density at radius 3 is 2.65 bits per heavy atom. The van der Waals surface area contributed by atoms with E-state index in [0.29, 0.717) is 12.2 Å². The number of thioether (sulfide) groups is 1. The van der Waals surface area contributed by atoms with E-state index in [4.69, 9.17) is 0 Å². The van der Waals surface area contributed by atoms with Gasteiger partial charge >= 0.3 is 0 Å². The number of amides is 1. The smallest absolute Gasteiger partial charge is 0.273 e. The lowest BCUT2D eigenvalue weighted by atomic mass is 10.2. The van der Waals surface area contributed by atoms with Gasteiger partial charge in [0, 0.05) is 23.9 Å². The van der Waals surface area contributed by atoms with Gasteiger partial charge in [0.1, 0.15) is 10.7 Å². The third-order valence-corrected chi connectivity index (χ3v) is 6.01. The van der Waals surface area contributed by atoms with Gasteiger partial charge in [0.05, 0.1) is 4.88 Å². The highest BCUT2D eigenvalue weighted by molar-refractivity contribution is 7.98. The monoisotopic (exact) mass is 360 g/mol. The van der Waals surface area contributed by atoms with Crippen LogP contribution in [-0.4, -0.2) is 29.1 Å². The second-order valence-corrected chi connectivity index (χ2v) is 7.71. The summed E-state index contributed by atoms with van der Waals surface area (Å²) in [4.78, 5) is 21.0. The number of carbonyl (C=O) groups excluding carboxylic acids is 1. The second kappa shape index (κ2) is 7.29. The van der Waals surface area contributed by atoms with E-state index < -0.39 is 0 Å². The molecule has 0 unspecified atom stereocenters. The Morgan fingerprint density at radius 2 is 2.00 bits per heavy atom. The molecule has 0 aliphatic rings. The predicted molar refractivity (Wildman–Crippen MR) is 99.4 cm³/mol. The molecule has 23 heavy (non-hydrogen) atoms. The first-order chi connectivity index (χ1) is 11.2. The summed E-state index contributed by atoms with van der Waals surface area (Å²) in [6, 6.07) is 12.3. The van der Waals surface area contributed by atoms with Crippen molar-refractivity contribution in [3.8, 4) is 9.88 Å². The number of hydrogen-bond acceptors (Lipinski definition) is 5. The summed E-state index contributed by atoms with van der Waals surface area (Å²) >= 11 is 4.86. The SMILES string of the molecule is CSc1ccc(CN(C)C(=O)c2csc(-c3cccs3)n2)cc1. The van der Waals surface area contributed by atoms with E-state index in [1.54, 1.807) is 28.0 Å². The minimum atomic E-state index is -0.0435. The van der Waals surface area contributed by atoms with Crippen LogP contribution in [0.3, 0.4) is 0 Å². The topological polar surface area (TPSA) is 33.2 Å². The highest BCUT2D eigenvalue weighted by Gasteiger charge is 2.16. The first kappa shape index (κ1) is 16.2. The number of thiazole rings is 1. The molecule has 0 aliphatic carbocycles. The maximum absolute atomic E-state index is 12.5. The van der Waals surface area contributed by atoms with Crippen LogP contribution in [0.4, 0.5) is 0 Å². The number of thiophene rings is 1. The van der Waals surface area contributed by atoms with Crippen molar-refractivity contribution in [3.05, 3.63) is 58.4 Å². The van der Waals surface area contributed by atoms with Crippen LogP contribution >= 0.6 is 34.4 Å². The van der Waals surface area contributed by atoms with Gasteiger partial charge in [-0.3, -0.25) is 4.79 Å².